The van der Waals surface area contributed by atoms with Crippen molar-refractivity contribution in [2.45, 2.75) is 32.6 Å². The van der Waals surface area contributed by atoms with Crippen LogP contribution >= 0.6 is 0 Å². The summed E-state index contributed by atoms with van der Waals surface area (Å²) < 4.78 is 11.0. The molecule has 4 rings (SSSR count). The molecule has 2 aliphatic rings. The van der Waals surface area contributed by atoms with Gasteiger partial charge in [-0.1, -0.05) is 12.1 Å². The molecule has 6 heteroatoms. The number of nitrogens with zero attached hydrogens (tertiary/aromatic N) is 2. The maximum atomic E-state index is 13.3. The number of likely N-dealkylation sites (tertiary alicyclic amines) is 2. The maximum absolute atomic E-state index is 13.3. The standard InChI is InChI=1S/C22H28N2O4/c1-16-13-17-5-3-6-18(20(17)28-16)21(26)24-10-4-8-22(15-24)9-7-19(25)23(14-22)11-12-27-2/h3,5-6,13H,4,7-12,14-15H2,1-2H3/t22-/m1/s1. The van der Waals surface area contributed by atoms with E-state index < -0.39 is 0 Å². The van der Waals surface area contributed by atoms with Gasteiger partial charge in [0.1, 0.15) is 11.3 Å². The molecule has 2 aliphatic heterocycles. The molecule has 1 aromatic carbocycles. The van der Waals surface area contributed by atoms with E-state index in [2.05, 4.69) is 0 Å². The molecule has 3 heterocycles. The summed E-state index contributed by atoms with van der Waals surface area (Å²) in [5, 5.41) is 0.962. The number of benzene rings is 1. The van der Waals surface area contributed by atoms with Gasteiger partial charge < -0.3 is 19.0 Å². The van der Waals surface area contributed by atoms with E-state index in [-0.39, 0.29) is 17.2 Å². The van der Waals surface area contributed by atoms with E-state index in [4.69, 9.17) is 9.15 Å². The third-order valence-corrected chi connectivity index (χ3v) is 6.16. The van der Waals surface area contributed by atoms with E-state index in [9.17, 15) is 9.59 Å². The lowest BCUT2D eigenvalue weighted by atomic mass is 9.73. The van der Waals surface area contributed by atoms with Crippen LogP contribution in [0.25, 0.3) is 11.0 Å². The third kappa shape index (κ3) is 3.53. The van der Waals surface area contributed by atoms with Gasteiger partial charge in [0.05, 0.1) is 12.2 Å². The summed E-state index contributed by atoms with van der Waals surface area (Å²) in [4.78, 5) is 29.5. The van der Waals surface area contributed by atoms with Crippen LogP contribution in [0.5, 0.6) is 0 Å². The van der Waals surface area contributed by atoms with Gasteiger partial charge in [0, 0.05) is 50.5 Å². The van der Waals surface area contributed by atoms with E-state index >= 15 is 0 Å². The number of carbonyl (C=O) groups is 2. The van der Waals surface area contributed by atoms with Gasteiger partial charge in [-0.2, -0.15) is 0 Å². The molecule has 1 spiro atoms. The van der Waals surface area contributed by atoms with Crippen LogP contribution in [0.15, 0.2) is 28.7 Å². The average Bonchev–Trinajstić information content (AvgIpc) is 3.08. The minimum absolute atomic E-state index is 0.0114. The highest BCUT2D eigenvalue weighted by molar-refractivity contribution is 6.05. The van der Waals surface area contributed by atoms with Crippen molar-refractivity contribution in [2.75, 3.05) is 39.9 Å². The van der Waals surface area contributed by atoms with Crippen LogP contribution < -0.4 is 0 Å². The largest absolute Gasteiger partial charge is 0.461 e. The first-order valence-corrected chi connectivity index (χ1v) is 10.1. The molecule has 0 unspecified atom stereocenters. The topological polar surface area (TPSA) is 63.0 Å². The van der Waals surface area contributed by atoms with Crippen molar-refractivity contribution in [3.8, 4) is 0 Å². The number of hydrogen-bond acceptors (Lipinski definition) is 4. The fraction of sp³-hybridized carbons (Fsp3) is 0.545. The van der Waals surface area contributed by atoms with Crippen LogP contribution in [0.2, 0.25) is 0 Å². The van der Waals surface area contributed by atoms with Gasteiger partial charge in [-0.25, -0.2) is 0 Å². The Hall–Kier alpha value is -2.34. The van der Waals surface area contributed by atoms with Gasteiger partial charge in [-0.3, -0.25) is 9.59 Å². The Morgan fingerprint density at radius 3 is 2.96 bits per heavy atom. The number of hydrogen-bond donors (Lipinski definition) is 0. The van der Waals surface area contributed by atoms with Crippen molar-refractivity contribution in [1.82, 2.24) is 9.80 Å². The van der Waals surface area contributed by atoms with Crippen molar-refractivity contribution in [3.63, 3.8) is 0 Å². The Labute approximate surface area is 165 Å². The lowest BCUT2D eigenvalue weighted by Gasteiger charge is -2.48. The molecule has 28 heavy (non-hydrogen) atoms. The van der Waals surface area contributed by atoms with E-state index in [1.54, 1.807) is 7.11 Å². The van der Waals surface area contributed by atoms with Crippen molar-refractivity contribution in [1.29, 1.82) is 0 Å². The Balaban J connectivity index is 1.54. The van der Waals surface area contributed by atoms with Gasteiger partial charge in [-0.15, -0.1) is 0 Å². The van der Waals surface area contributed by atoms with Gasteiger partial charge in [-0.05, 0) is 38.3 Å². The SMILES string of the molecule is COCCN1C[C@@]2(CCCN(C(=O)c3cccc4cc(C)oc34)C2)CCC1=O. The first kappa shape index (κ1) is 19.0. The lowest BCUT2D eigenvalue weighted by molar-refractivity contribution is -0.139. The fourth-order valence-electron chi connectivity index (χ4n) is 4.75. The Kier molecular flexibility index (Phi) is 5.15. The second-order valence-corrected chi connectivity index (χ2v) is 8.22. The molecular weight excluding hydrogens is 356 g/mol. The number of piperidine rings is 2. The predicted molar refractivity (Wildman–Crippen MR) is 106 cm³/mol. The summed E-state index contributed by atoms with van der Waals surface area (Å²) in [6.45, 7) is 5.22. The highest BCUT2D eigenvalue weighted by Crippen LogP contribution is 2.39. The molecule has 0 saturated carbocycles. The molecule has 1 atom stereocenters. The summed E-state index contributed by atoms with van der Waals surface area (Å²) in [7, 11) is 1.65. The number of para-hydroxylation sites is 1. The first-order chi connectivity index (χ1) is 13.5. The van der Waals surface area contributed by atoms with Gasteiger partial charge in [0.25, 0.3) is 5.91 Å². The molecule has 2 fully saturated rings. The molecule has 2 saturated heterocycles. The normalized spacial score (nSPS) is 23.0. The molecular formula is C22H28N2O4. The fourth-order valence-corrected chi connectivity index (χ4v) is 4.75. The molecule has 1 aromatic heterocycles. The first-order valence-electron chi connectivity index (χ1n) is 10.1. The molecule has 2 amide bonds. The molecule has 0 N–H and O–H groups in total. The van der Waals surface area contributed by atoms with Crippen LogP contribution in [0, 0.1) is 12.3 Å². The van der Waals surface area contributed by atoms with Crippen LogP contribution in [-0.2, 0) is 9.53 Å². The molecule has 0 bridgehead atoms. The maximum Gasteiger partial charge on any atom is 0.257 e. The third-order valence-electron chi connectivity index (χ3n) is 6.16. The lowest BCUT2D eigenvalue weighted by Crippen LogP contribution is -2.55. The molecule has 6 nitrogen and oxygen atoms in total. The van der Waals surface area contributed by atoms with Gasteiger partial charge in [0.15, 0.2) is 0 Å². The summed E-state index contributed by atoms with van der Waals surface area (Å²) in [5.41, 5.74) is 1.29. The summed E-state index contributed by atoms with van der Waals surface area (Å²) in [6.07, 6.45) is 3.42. The number of carbonyl (C=O) groups excluding carboxylic acids is 2. The Morgan fingerprint density at radius 1 is 1.29 bits per heavy atom. The van der Waals surface area contributed by atoms with Crippen LogP contribution in [0.1, 0.15) is 41.8 Å². The van der Waals surface area contributed by atoms with Gasteiger partial charge in [0.2, 0.25) is 5.91 Å². The minimum Gasteiger partial charge on any atom is -0.461 e. The minimum atomic E-state index is -0.0114. The molecule has 150 valence electrons. The number of fused-ring (bicyclic) bond motifs is 1. The van der Waals surface area contributed by atoms with Crippen molar-refractivity contribution in [3.05, 3.63) is 35.6 Å². The second kappa shape index (κ2) is 7.59. The number of ether oxygens (including phenoxy) is 1. The summed E-state index contributed by atoms with van der Waals surface area (Å²) in [5.74, 6) is 1.03. The van der Waals surface area contributed by atoms with Crippen molar-refractivity contribution >= 4 is 22.8 Å². The highest BCUT2D eigenvalue weighted by Gasteiger charge is 2.42. The molecule has 2 aromatic rings. The summed E-state index contributed by atoms with van der Waals surface area (Å²) >= 11 is 0. The summed E-state index contributed by atoms with van der Waals surface area (Å²) in [6, 6.07) is 7.70. The number of furan rings is 1. The quantitative estimate of drug-likeness (QED) is 0.812. The smallest absolute Gasteiger partial charge is 0.257 e. The Bertz CT molecular complexity index is 890. The van der Waals surface area contributed by atoms with E-state index in [0.29, 0.717) is 43.8 Å². The van der Waals surface area contributed by atoms with Crippen LogP contribution in [0.4, 0.5) is 0 Å². The number of amides is 2. The number of methoxy groups -OCH3 is 1. The van der Waals surface area contributed by atoms with E-state index in [0.717, 1.165) is 37.0 Å². The zero-order valence-electron chi connectivity index (χ0n) is 16.7. The highest BCUT2D eigenvalue weighted by atomic mass is 16.5. The van der Waals surface area contributed by atoms with Gasteiger partial charge >= 0.3 is 0 Å². The molecule has 0 aliphatic carbocycles. The molecule has 0 radical (unpaired) electrons. The van der Waals surface area contributed by atoms with Crippen molar-refractivity contribution < 1.29 is 18.7 Å². The number of aryl methyl sites for hydroxylation is 1. The monoisotopic (exact) mass is 384 g/mol. The number of rotatable bonds is 4. The second-order valence-electron chi connectivity index (χ2n) is 8.22. The predicted octanol–water partition coefficient (Wildman–Crippen LogP) is 3.23. The van der Waals surface area contributed by atoms with Crippen molar-refractivity contribution in [2.24, 2.45) is 5.41 Å². The zero-order valence-corrected chi connectivity index (χ0v) is 16.7. The Morgan fingerprint density at radius 2 is 2.14 bits per heavy atom. The zero-order chi connectivity index (χ0) is 19.7. The van der Waals surface area contributed by atoms with Crippen LogP contribution in [-0.4, -0.2) is 61.5 Å². The van der Waals surface area contributed by atoms with Crippen LogP contribution in [0.3, 0.4) is 0 Å². The van der Waals surface area contributed by atoms with E-state index in [1.165, 1.54) is 0 Å². The van der Waals surface area contributed by atoms with E-state index in [1.807, 2.05) is 41.0 Å². The average molecular weight is 384 g/mol.